The molecule has 1 rings (SSSR count). The van der Waals surface area contributed by atoms with Crippen molar-refractivity contribution in [3.63, 3.8) is 0 Å². The molecule has 0 aromatic heterocycles. The van der Waals surface area contributed by atoms with Crippen molar-refractivity contribution in [3.05, 3.63) is 29.8 Å². The van der Waals surface area contributed by atoms with Gasteiger partial charge < -0.3 is 10.4 Å². The van der Waals surface area contributed by atoms with Gasteiger partial charge in [-0.1, -0.05) is 26.0 Å². The quantitative estimate of drug-likeness (QED) is 0.751. The smallest absolute Gasteiger partial charge is 0.115 e. The molecule has 0 amide bonds. The highest BCUT2D eigenvalue weighted by atomic mass is 35.5. The molecule has 0 bridgehead atoms. The van der Waals surface area contributed by atoms with E-state index in [9.17, 15) is 5.11 Å². The number of phenolic OH excluding ortho intramolecular Hbond substituents is 1. The van der Waals surface area contributed by atoms with Crippen LogP contribution in [0.4, 0.5) is 0 Å². The Morgan fingerprint density at radius 3 is 2.38 bits per heavy atom. The molecule has 0 heterocycles. The average molecular weight is 242 g/mol. The van der Waals surface area contributed by atoms with Gasteiger partial charge in [0.2, 0.25) is 0 Å². The summed E-state index contributed by atoms with van der Waals surface area (Å²) in [6.07, 6.45) is 0.899. The third-order valence-corrected chi connectivity index (χ3v) is 2.79. The molecular formula is C13H20ClNO. The van der Waals surface area contributed by atoms with E-state index in [4.69, 9.17) is 11.6 Å². The molecule has 1 atom stereocenters. The summed E-state index contributed by atoms with van der Waals surface area (Å²) >= 11 is 5.92. The van der Waals surface area contributed by atoms with Crippen molar-refractivity contribution in [1.29, 1.82) is 0 Å². The van der Waals surface area contributed by atoms with Crippen LogP contribution in [0.5, 0.6) is 5.75 Å². The summed E-state index contributed by atoms with van der Waals surface area (Å²) in [6.45, 7) is 5.34. The molecule has 0 saturated heterocycles. The normalized spacial score (nSPS) is 13.0. The van der Waals surface area contributed by atoms with E-state index < -0.39 is 0 Å². The van der Waals surface area contributed by atoms with Gasteiger partial charge in [0, 0.05) is 11.9 Å². The summed E-state index contributed by atoms with van der Waals surface area (Å²) in [4.78, 5) is 0. The highest BCUT2D eigenvalue weighted by molar-refractivity contribution is 6.18. The second-order valence-corrected chi connectivity index (χ2v) is 4.83. The molecule has 0 aliphatic heterocycles. The van der Waals surface area contributed by atoms with Crippen LogP contribution < -0.4 is 5.32 Å². The van der Waals surface area contributed by atoms with Crippen molar-refractivity contribution in [2.24, 2.45) is 5.92 Å². The standard InChI is InChI=1S/C13H20ClNO/c1-10(2)9-15-12(8-14)7-11-3-5-13(16)6-4-11/h3-6,10,12,15-16H,7-9H2,1-2H3. The second kappa shape index (κ2) is 6.77. The zero-order chi connectivity index (χ0) is 12.0. The summed E-state index contributed by atoms with van der Waals surface area (Å²) in [6, 6.07) is 7.60. The highest BCUT2D eigenvalue weighted by Gasteiger charge is 2.08. The Bertz CT molecular complexity index is 297. The van der Waals surface area contributed by atoms with Crippen LogP contribution in [0.25, 0.3) is 0 Å². The molecule has 0 aliphatic rings. The third-order valence-electron chi connectivity index (χ3n) is 2.42. The number of aromatic hydroxyl groups is 1. The van der Waals surface area contributed by atoms with Gasteiger partial charge in [0.15, 0.2) is 0 Å². The van der Waals surface area contributed by atoms with E-state index in [1.807, 2.05) is 12.1 Å². The molecule has 1 aromatic carbocycles. The predicted molar refractivity (Wildman–Crippen MR) is 69.2 cm³/mol. The van der Waals surface area contributed by atoms with Gasteiger partial charge in [0.25, 0.3) is 0 Å². The Labute approximate surface area is 103 Å². The lowest BCUT2D eigenvalue weighted by Gasteiger charge is -2.17. The van der Waals surface area contributed by atoms with Crippen LogP contribution in [0.2, 0.25) is 0 Å². The van der Waals surface area contributed by atoms with E-state index in [-0.39, 0.29) is 0 Å². The van der Waals surface area contributed by atoms with Crippen LogP contribution in [0.1, 0.15) is 19.4 Å². The number of phenols is 1. The minimum atomic E-state index is 0.300. The van der Waals surface area contributed by atoms with Gasteiger partial charge in [0.1, 0.15) is 5.75 Å². The van der Waals surface area contributed by atoms with E-state index in [0.29, 0.717) is 23.6 Å². The molecule has 1 aromatic rings. The minimum absolute atomic E-state index is 0.300. The van der Waals surface area contributed by atoms with E-state index in [1.165, 1.54) is 5.56 Å². The van der Waals surface area contributed by atoms with Gasteiger partial charge in [-0.3, -0.25) is 0 Å². The van der Waals surface area contributed by atoms with Crippen molar-refractivity contribution >= 4 is 11.6 Å². The number of halogens is 1. The molecule has 3 heteroatoms. The maximum atomic E-state index is 9.18. The number of benzene rings is 1. The van der Waals surface area contributed by atoms with Gasteiger partial charge in [0.05, 0.1) is 0 Å². The van der Waals surface area contributed by atoms with Crippen molar-refractivity contribution in [1.82, 2.24) is 5.32 Å². The lowest BCUT2D eigenvalue weighted by Crippen LogP contribution is -2.35. The predicted octanol–water partition coefficient (Wildman–Crippen LogP) is 2.79. The summed E-state index contributed by atoms with van der Waals surface area (Å²) < 4.78 is 0. The number of alkyl halides is 1. The summed E-state index contributed by atoms with van der Waals surface area (Å²) in [5.74, 6) is 1.54. The molecule has 90 valence electrons. The molecule has 2 nitrogen and oxygen atoms in total. The molecule has 0 saturated carbocycles. The minimum Gasteiger partial charge on any atom is -0.508 e. The fourth-order valence-corrected chi connectivity index (χ4v) is 1.72. The van der Waals surface area contributed by atoms with Crippen molar-refractivity contribution in [2.45, 2.75) is 26.3 Å². The van der Waals surface area contributed by atoms with E-state index in [0.717, 1.165) is 13.0 Å². The molecule has 0 spiro atoms. The lowest BCUT2D eigenvalue weighted by atomic mass is 10.1. The lowest BCUT2D eigenvalue weighted by molar-refractivity contribution is 0.473. The Kier molecular flexibility index (Phi) is 5.64. The first-order valence-electron chi connectivity index (χ1n) is 5.69. The second-order valence-electron chi connectivity index (χ2n) is 4.52. The fraction of sp³-hybridized carbons (Fsp3) is 0.538. The number of nitrogens with one attached hydrogen (secondary N) is 1. The fourth-order valence-electron chi connectivity index (χ4n) is 1.50. The van der Waals surface area contributed by atoms with E-state index in [2.05, 4.69) is 19.2 Å². The highest BCUT2D eigenvalue weighted by Crippen LogP contribution is 2.11. The van der Waals surface area contributed by atoms with Crippen LogP contribution in [-0.2, 0) is 6.42 Å². The van der Waals surface area contributed by atoms with Crippen molar-refractivity contribution in [2.75, 3.05) is 12.4 Å². The molecule has 0 fully saturated rings. The SMILES string of the molecule is CC(C)CNC(CCl)Cc1ccc(O)cc1. The van der Waals surface area contributed by atoms with Crippen molar-refractivity contribution in [3.8, 4) is 5.75 Å². The number of rotatable bonds is 6. The molecule has 0 aliphatic carbocycles. The third kappa shape index (κ3) is 4.86. The average Bonchev–Trinajstić information content (AvgIpc) is 2.26. The van der Waals surface area contributed by atoms with Crippen LogP contribution >= 0.6 is 11.6 Å². The number of hydrogen-bond acceptors (Lipinski definition) is 2. The van der Waals surface area contributed by atoms with Crippen LogP contribution in [0.15, 0.2) is 24.3 Å². The van der Waals surface area contributed by atoms with E-state index >= 15 is 0 Å². The first-order valence-corrected chi connectivity index (χ1v) is 6.22. The number of hydrogen-bond donors (Lipinski definition) is 2. The van der Waals surface area contributed by atoms with Gasteiger partial charge in [-0.25, -0.2) is 0 Å². The summed E-state index contributed by atoms with van der Waals surface area (Å²) in [5.41, 5.74) is 1.19. The monoisotopic (exact) mass is 241 g/mol. The van der Waals surface area contributed by atoms with Gasteiger partial charge >= 0.3 is 0 Å². The molecule has 16 heavy (non-hydrogen) atoms. The first-order chi connectivity index (χ1) is 7.61. The first kappa shape index (κ1) is 13.3. The van der Waals surface area contributed by atoms with Gasteiger partial charge in [-0.05, 0) is 36.6 Å². The summed E-state index contributed by atoms with van der Waals surface area (Å²) in [5, 5.41) is 12.6. The van der Waals surface area contributed by atoms with Crippen LogP contribution in [-0.4, -0.2) is 23.6 Å². The van der Waals surface area contributed by atoms with Gasteiger partial charge in [-0.2, -0.15) is 0 Å². The maximum absolute atomic E-state index is 9.18. The van der Waals surface area contributed by atoms with Crippen molar-refractivity contribution < 1.29 is 5.11 Å². The molecule has 1 unspecified atom stereocenters. The largest absolute Gasteiger partial charge is 0.508 e. The van der Waals surface area contributed by atoms with Crippen LogP contribution in [0, 0.1) is 5.92 Å². The van der Waals surface area contributed by atoms with E-state index in [1.54, 1.807) is 12.1 Å². The summed E-state index contributed by atoms with van der Waals surface area (Å²) in [7, 11) is 0. The van der Waals surface area contributed by atoms with Crippen LogP contribution in [0.3, 0.4) is 0 Å². The Morgan fingerprint density at radius 2 is 1.88 bits per heavy atom. The zero-order valence-electron chi connectivity index (χ0n) is 9.91. The Balaban J connectivity index is 2.46. The molecular weight excluding hydrogens is 222 g/mol. The van der Waals surface area contributed by atoms with Gasteiger partial charge in [-0.15, -0.1) is 11.6 Å². The molecule has 2 N–H and O–H groups in total. The molecule has 0 radical (unpaired) electrons. The Hall–Kier alpha value is -0.730. The Morgan fingerprint density at radius 1 is 1.25 bits per heavy atom. The zero-order valence-corrected chi connectivity index (χ0v) is 10.7. The topological polar surface area (TPSA) is 32.3 Å². The maximum Gasteiger partial charge on any atom is 0.115 e.